The van der Waals surface area contributed by atoms with Gasteiger partial charge in [-0.15, -0.1) is 0 Å². The molecule has 0 amide bonds. The van der Waals surface area contributed by atoms with Crippen LogP contribution < -0.4 is 4.90 Å². The molecular formula is C55H45NO. The van der Waals surface area contributed by atoms with Gasteiger partial charge in [-0.1, -0.05) is 161 Å². The van der Waals surface area contributed by atoms with Gasteiger partial charge in [0, 0.05) is 38.5 Å². The number of hydrogen-bond donors (Lipinski definition) is 0. The van der Waals surface area contributed by atoms with Crippen LogP contribution in [0.15, 0.2) is 174 Å². The van der Waals surface area contributed by atoms with E-state index in [2.05, 4.69) is 183 Å². The van der Waals surface area contributed by atoms with Crippen LogP contribution in [-0.4, -0.2) is 0 Å². The number of fused-ring (bicyclic) bond motifs is 7. The summed E-state index contributed by atoms with van der Waals surface area (Å²) in [6.45, 7) is 4.73. The lowest BCUT2D eigenvalue weighted by molar-refractivity contribution is 0.443. The standard InChI is InChI=1S/C55H45NO/c1-55(2)50-18-10-8-16-46(50)47-33-30-43(35-51(47)55)56(42-28-24-39(25-29-42)38-22-20-37(21-23-38)36-12-4-3-5-13-36)54-44-15-7-6-14-40(44)26-31-45(54)41-27-32-49-48-17-9-11-19-52(48)57-53(49)34-41/h6-11,14-36H,3-5,12-13H2,1-2H3. The minimum atomic E-state index is -0.130. The second kappa shape index (κ2) is 13.4. The maximum atomic E-state index is 6.46. The Balaban J connectivity index is 1.09. The van der Waals surface area contributed by atoms with Crippen LogP contribution in [0.25, 0.3) is 66.1 Å². The van der Waals surface area contributed by atoms with Gasteiger partial charge in [0.25, 0.3) is 0 Å². The Morgan fingerprint density at radius 1 is 0.474 bits per heavy atom. The highest BCUT2D eigenvalue weighted by Crippen LogP contribution is 2.52. The molecule has 1 aromatic heterocycles. The molecule has 276 valence electrons. The van der Waals surface area contributed by atoms with Gasteiger partial charge in [0.1, 0.15) is 11.2 Å². The van der Waals surface area contributed by atoms with E-state index < -0.39 is 0 Å². The lowest BCUT2D eigenvalue weighted by atomic mass is 9.82. The van der Waals surface area contributed by atoms with Crippen LogP contribution >= 0.6 is 0 Å². The summed E-state index contributed by atoms with van der Waals surface area (Å²) in [7, 11) is 0. The molecule has 57 heavy (non-hydrogen) atoms. The molecule has 0 aliphatic heterocycles. The maximum absolute atomic E-state index is 6.46. The van der Waals surface area contributed by atoms with Crippen molar-refractivity contribution in [2.45, 2.75) is 57.3 Å². The summed E-state index contributed by atoms with van der Waals surface area (Å²) in [5.41, 5.74) is 16.7. The molecule has 0 unspecified atom stereocenters. The normalized spacial score (nSPS) is 14.9. The Morgan fingerprint density at radius 2 is 1.11 bits per heavy atom. The van der Waals surface area contributed by atoms with Crippen LogP contribution in [0.3, 0.4) is 0 Å². The molecule has 0 atom stereocenters. The van der Waals surface area contributed by atoms with Crippen molar-refractivity contribution in [2.24, 2.45) is 0 Å². The highest BCUT2D eigenvalue weighted by molar-refractivity contribution is 6.09. The number of rotatable bonds is 6. The van der Waals surface area contributed by atoms with Crippen LogP contribution in [0.4, 0.5) is 17.1 Å². The molecule has 0 spiro atoms. The van der Waals surface area contributed by atoms with Crippen molar-refractivity contribution in [3.05, 3.63) is 187 Å². The quantitative estimate of drug-likeness (QED) is 0.169. The molecule has 11 rings (SSSR count). The topological polar surface area (TPSA) is 16.4 Å². The summed E-state index contributed by atoms with van der Waals surface area (Å²) < 4.78 is 6.46. The molecule has 2 aliphatic rings. The zero-order valence-electron chi connectivity index (χ0n) is 32.6. The second-order valence-corrected chi connectivity index (χ2v) is 16.7. The van der Waals surface area contributed by atoms with Crippen LogP contribution in [0.2, 0.25) is 0 Å². The van der Waals surface area contributed by atoms with Gasteiger partial charge < -0.3 is 9.32 Å². The fourth-order valence-corrected chi connectivity index (χ4v) is 10.0. The third kappa shape index (κ3) is 5.61. The first kappa shape index (κ1) is 33.9. The van der Waals surface area contributed by atoms with Crippen molar-refractivity contribution in [1.29, 1.82) is 0 Å². The van der Waals surface area contributed by atoms with E-state index in [0.717, 1.165) is 50.1 Å². The zero-order chi connectivity index (χ0) is 38.1. The second-order valence-electron chi connectivity index (χ2n) is 16.7. The summed E-state index contributed by atoms with van der Waals surface area (Å²) in [5.74, 6) is 0.705. The van der Waals surface area contributed by atoms with E-state index in [1.807, 2.05) is 6.07 Å². The Hall–Kier alpha value is -6.38. The van der Waals surface area contributed by atoms with Gasteiger partial charge in [0.2, 0.25) is 0 Å². The first-order valence-electron chi connectivity index (χ1n) is 20.7. The van der Waals surface area contributed by atoms with E-state index in [9.17, 15) is 0 Å². The molecule has 1 saturated carbocycles. The monoisotopic (exact) mass is 735 g/mol. The Bertz CT molecular complexity index is 2960. The third-order valence-corrected chi connectivity index (χ3v) is 13.1. The number of furan rings is 1. The zero-order valence-corrected chi connectivity index (χ0v) is 32.6. The van der Waals surface area contributed by atoms with Crippen molar-refractivity contribution in [1.82, 2.24) is 0 Å². The largest absolute Gasteiger partial charge is 0.456 e. The number of para-hydroxylation sites is 1. The molecule has 1 fully saturated rings. The molecule has 2 aliphatic carbocycles. The van der Waals surface area contributed by atoms with E-state index in [1.165, 1.54) is 81.8 Å². The van der Waals surface area contributed by atoms with E-state index in [4.69, 9.17) is 4.42 Å². The van der Waals surface area contributed by atoms with Crippen LogP contribution in [0, 0.1) is 0 Å². The van der Waals surface area contributed by atoms with Crippen molar-refractivity contribution in [3.63, 3.8) is 0 Å². The van der Waals surface area contributed by atoms with E-state index >= 15 is 0 Å². The van der Waals surface area contributed by atoms with Gasteiger partial charge in [-0.3, -0.25) is 0 Å². The molecule has 2 heteroatoms. The van der Waals surface area contributed by atoms with Crippen LogP contribution in [-0.2, 0) is 5.41 Å². The van der Waals surface area contributed by atoms with Gasteiger partial charge in [0.15, 0.2) is 0 Å². The van der Waals surface area contributed by atoms with Gasteiger partial charge in [-0.25, -0.2) is 0 Å². The number of nitrogens with zero attached hydrogens (tertiary/aromatic N) is 1. The highest BCUT2D eigenvalue weighted by Gasteiger charge is 2.36. The highest BCUT2D eigenvalue weighted by atomic mass is 16.3. The van der Waals surface area contributed by atoms with Crippen molar-refractivity contribution in [3.8, 4) is 33.4 Å². The van der Waals surface area contributed by atoms with Crippen molar-refractivity contribution >= 4 is 49.8 Å². The molecule has 1 heterocycles. The minimum absolute atomic E-state index is 0.130. The lowest BCUT2D eigenvalue weighted by Gasteiger charge is -2.31. The van der Waals surface area contributed by atoms with Crippen molar-refractivity contribution < 1.29 is 4.42 Å². The Morgan fingerprint density at radius 3 is 1.93 bits per heavy atom. The van der Waals surface area contributed by atoms with Crippen molar-refractivity contribution in [2.75, 3.05) is 4.90 Å². The Kier molecular flexibility index (Phi) is 7.96. The number of anilines is 3. The predicted octanol–water partition coefficient (Wildman–Crippen LogP) is 15.9. The summed E-state index contributed by atoms with van der Waals surface area (Å²) in [6.07, 6.45) is 6.72. The molecule has 0 bridgehead atoms. The van der Waals surface area contributed by atoms with Crippen LogP contribution in [0.1, 0.15) is 68.6 Å². The summed E-state index contributed by atoms with van der Waals surface area (Å²) in [6, 6.07) is 63.0. The number of benzene rings is 8. The number of hydrogen-bond acceptors (Lipinski definition) is 2. The molecule has 0 N–H and O–H groups in total. The fourth-order valence-electron chi connectivity index (χ4n) is 10.0. The SMILES string of the molecule is CC1(C)c2ccccc2-c2ccc(N(c3ccc(-c4ccc(C5CCCCC5)cc4)cc3)c3c(-c4ccc5c(c4)oc4ccccc45)ccc4ccccc34)cc21. The molecule has 8 aromatic carbocycles. The molecule has 9 aromatic rings. The van der Waals surface area contributed by atoms with E-state index in [1.54, 1.807) is 0 Å². The van der Waals surface area contributed by atoms with Crippen LogP contribution in [0.5, 0.6) is 0 Å². The smallest absolute Gasteiger partial charge is 0.136 e. The molecule has 2 nitrogen and oxygen atoms in total. The summed E-state index contributed by atoms with van der Waals surface area (Å²) in [5, 5.41) is 4.68. The molecular weight excluding hydrogens is 691 g/mol. The fraction of sp³-hybridized carbons (Fsp3) is 0.164. The maximum Gasteiger partial charge on any atom is 0.136 e. The first-order chi connectivity index (χ1) is 28.0. The molecule has 0 radical (unpaired) electrons. The Labute approximate surface area is 335 Å². The van der Waals surface area contributed by atoms with Gasteiger partial charge in [0.05, 0.1) is 5.69 Å². The third-order valence-electron chi connectivity index (χ3n) is 13.1. The lowest BCUT2D eigenvalue weighted by Crippen LogP contribution is -2.17. The molecule has 0 saturated heterocycles. The summed E-state index contributed by atoms with van der Waals surface area (Å²) >= 11 is 0. The average molecular weight is 736 g/mol. The predicted molar refractivity (Wildman–Crippen MR) is 240 cm³/mol. The average Bonchev–Trinajstić information content (AvgIpc) is 3.75. The van der Waals surface area contributed by atoms with Gasteiger partial charge in [-0.2, -0.15) is 0 Å². The van der Waals surface area contributed by atoms with Gasteiger partial charge >= 0.3 is 0 Å². The van der Waals surface area contributed by atoms with E-state index in [-0.39, 0.29) is 5.41 Å². The van der Waals surface area contributed by atoms with E-state index in [0.29, 0.717) is 5.92 Å². The summed E-state index contributed by atoms with van der Waals surface area (Å²) in [4.78, 5) is 2.50. The first-order valence-corrected chi connectivity index (χ1v) is 20.7. The van der Waals surface area contributed by atoms with Gasteiger partial charge in [-0.05, 0) is 111 Å². The minimum Gasteiger partial charge on any atom is -0.456 e.